The lowest BCUT2D eigenvalue weighted by atomic mass is 10.1. The average Bonchev–Trinajstić information content (AvgIpc) is 2.00. The molecule has 11 heavy (non-hydrogen) atoms. The molecule has 0 aromatic rings. The van der Waals surface area contributed by atoms with Crippen LogP contribution in [0.25, 0.3) is 0 Å². The molecule has 0 aliphatic rings. The van der Waals surface area contributed by atoms with Crippen LogP contribution in [0, 0.1) is 0 Å². The molecule has 0 spiro atoms. The van der Waals surface area contributed by atoms with Crippen LogP contribution in [0.4, 0.5) is 0 Å². The molecule has 0 aromatic carbocycles. The van der Waals surface area contributed by atoms with Crippen molar-refractivity contribution < 1.29 is 4.79 Å². The number of rotatable bonds is 5. The van der Waals surface area contributed by atoms with Crippen LogP contribution in [0.1, 0.15) is 33.1 Å². The Bertz CT molecular complexity index is 132. The van der Waals surface area contributed by atoms with Crippen molar-refractivity contribution in [3.63, 3.8) is 0 Å². The van der Waals surface area contributed by atoms with Crippen molar-refractivity contribution in [3.05, 3.63) is 12.7 Å². The number of carbonyl (C=O) groups excluding carboxylic acids is 1. The predicted octanol–water partition coefficient (Wildman–Crippen LogP) is 1.87. The third kappa shape index (κ3) is 5.64. The van der Waals surface area contributed by atoms with E-state index in [1.165, 1.54) is 18.9 Å². The molecule has 0 aliphatic heterocycles. The van der Waals surface area contributed by atoms with Crippen LogP contribution >= 0.6 is 0 Å². The topological polar surface area (TPSA) is 29.1 Å². The van der Waals surface area contributed by atoms with Crippen LogP contribution < -0.4 is 5.32 Å². The van der Waals surface area contributed by atoms with Gasteiger partial charge in [0.05, 0.1) is 0 Å². The monoisotopic (exact) mass is 155 g/mol. The summed E-state index contributed by atoms with van der Waals surface area (Å²) in [5.41, 5.74) is 0. The van der Waals surface area contributed by atoms with Gasteiger partial charge in [0.15, 0.2) is 0 Å². The normalized spacial score (nSPS) is 12.2. The van der Waals surface area contributed by atoms with Gasteiger partial charge in [-0.15, -0.1) is 0 Å². The van der Waals surface area contributed by atoms with Gasteiger partial charge in [-0.05, 0) is 19.4 Å². The van der Waals surface area contributed by atoms with E-state index in [4.69, 9.17) is 0 Å². The third-order valence-electron chi connectivity index (χ3n) is 1.56. The number of nitrogens with one attached hydrogen (secondary N) is 1. The number of carbonyl (C=O) groups is 1. The van der Waals surface area contributed by atoms with E-state index in [9.17, 15) is 4.79 Å². The molecule has 1 unspecified atom stereocenters. The Morgan fingerprint density at radius 3 is 2.82 bits per heavy atom. The van der Waals surface area contributed by atoms with Gasteiger partial charge in [-0.25, -0.2) is 0 Å². The Kier molecular flexibility index (Phi) is 5.53. The Hall–Kier alpha value is -0.790. The molecule has 2 heteroatoms. The van der Waals surface area contributed by atoms with Crippen LogP contribution in [-0.4, -0.2) is 11.9 Å². The first-order valence-corrected chi connectivity index (χ1v) is 4.13. The molecule has 1 N–H and O–H groups in total. The zero-order valence-electron chi connectivity index (χ0n) is 7.39. The van der Waals surface area contributed by atoms with Crippen molar-refractivity contribution in [2.24, 2.45) is 0 Å². The molecule has 1 atom stereocenters. The number of amides is 1. The van der Waals surface area contributed by atoms with E-state index in [0.29, 0.717) is 0 Å². The smallest absolute Gasteiger partial charge is 0.243 e. The highest BCUT2D eigenvalue weighted by molar-refractivity contribution is 5.87. The fourth-order valence-corrected chi connectivity index (χ4v) is 0.884. The molecule has 2 nitrogen and oxygen atoms in total. The summed E-state index contributed by atoms with van der Waals surface area (Å²) in [4.78, 5) is 10.8. The van der Waals surface area contributed by atoms with Crippen molar-refractivity contribution in [1.82, 2.24) is 5.32 Å². The molecule has 0 aliphatic carbocycles. The number of hydrogen-bond donors (Lipinski definition) is 1. The average molecular weight is 155 g/mol. The number of hydrogen-bond acceptors (Lipinski definition) is 1. The van der Waals surface area contributed by atoms with Crippen molar-refractivity contribution in [2.75, 3.05) is 0 Å². The standard InChI is InChI=1S/C9H17NO/c1-4-6-7-8(3)10-9(11)5-2/h5,8H,2,4,6-7H2,1,3H3,(H,10,11). The minimum atomic E-state index is -0.0754. The maximum absolute atomic E-state index is 10.8. The van der Waals surface area contributed by atoms with Gasteiger partial charge in [0, 0.05) is 6.04 Å². The van der Waals surface area contributed by atoms with Gasteiger partial charge in [0.1, 0.15) is 0 Å². The largest absolute Gasteiger partial charge is 0.350 e. The lowest BCUT2D eigenvalue weighted by Crippen LogP contribution is -2.30. The molecule has 0 heterocycles. The molecule has 0 bridgehead atoms. The maximum Gasteiger partial charge on any atom is 0.243 e. The van der Waals surface area contributed by atoms with Crippen LogP contribution in [0.3, 0.4) is 0 Å². The summed E-state index contributed by atoms with van der Waals surface area (Å²) in [7, 11) is 0. The van der Waals surface area contributed by atoms with E-state index in [2.05, 4.69) is 18.8 Å². The van der Waals surface area contributed by atoms with Gasteiger partial charge in [-0.3, -0.25) is 4.79 Å². The van der Waals surface area contributed by atoms with Crippen LogP contribution in [0.5, 0.6) is 0 Å². The Morgan fingerprint density at radius 1 is 1.73 bits per heavy atom. The lowest BCUT2D eigenvalue weighted by Gasteiger charge is -2.10. The summed E-state index contributed by atoms with van der Waals surface area (Å²) in [6.45, 7) is 7.53. The minimum Gasteiger partial charge on any atom is -0.350 e. The number of unbranched alkanes of at least 4 members (excludes halogenated alkanes) is 1. The van der Waals surface area contributed by atoms with Gasteiger partial charge >= 0.3 is 0 Å². The van der Waals surface area contributed by atoms with Gasteiger partial charge in [0.2, 0.25) is 5.91 Å². The van der Waals surface area contributed by atoms with Gasteiger partial charge in [-0.2, -0.15) is 0 Å². The molecular weight excluding hydrogens is 138 g/mol. The molecular formula is C9H17NO. The molecule has 0 saturated carbocycles. The first kappa shape index (κ1) is 10.2. The molecule has 0 aromatic heterocycles. The Labute approximate surface area is 68.7 Å². The zero-order chi connectivity index (χ0) is 8.69. The van der Waals surface area contributed by atoms with Crippen LogP contribution in [0.15, 0.2) is 12.7 Å². The summed E-state index contributed by atoms with van der Waals surface area (Å²) >= 11 is 0. The molecule has 0 radical (unpaired) electrons. The Morgan fingerprint density at radius 2 is 2.36 bits per heavy atom. The van der Waals surface area contributed by atoms with E-state index in [1.807, 2.05) is 6.92 Å². The fraction of sp³-hybridized carbons (Fsp3) is 0.667. The van der Waals surface area contributed by atoms with E-state index in [0.717, 1.165) is 6.42 Å². The highest BCUT2D eigenvalue weighted by Crippen LogP contribution is 1.98. The first-order valence-electron chi connectivity index (χ1n) is 4.13. The lowest BCUT2D eigenvalue weighted by molar-refractivity contribution is -0.117. The van der Waals surface area contributed by atoms with Crippen LogP contribution in [0.2, 0.25) is 0 Å². The maximum atomic E-state index is 10.8. The van der Waals surface area contributed by atoms with Crippen molar-refractivity contribution in [3.8, 4) is 0 Å². The molecule has 0 rings (SSSR count). The summed E-state index contributed by atoms with van der Waals surface area (Å²) in [5, 5.41) is 2.81. The second-order valence-electron chi connectivity index (χ2n) is 2.76. The Balaban J connectivity index is 3.43. The van der Waals surface area contributed by atoms with E-state index in [1.54, 1.807) is 0 Å². The third-order valence-corrected chi connectivity index (χ3v) is 1.56. The molecule has 1 amide bonds. The minimum absolute atomic E-state index is 0.0754. The van der Waals surface area contributed by atoms with Crippen LogP contribution in [-0.2, 0) is 4.79 Å². The van der Waals surface area contributed by atoms with Gasteiger partial charge in [-0.1, -0.05) is 26.3 Å². The second kappa shape index (κ2) is 5.96. The summed E-state index contributed by atoms with van der Waals surface area (Å²) < 4.78 is 0. The van der Waals surface area contributed by atoms with Gasteiger partial charge < -0.3 is 5.32 Å². The fourth-order valence-electron chi connectivity index (χ4n) is 0.884. The van der Waals surface area contributed by atoms with Crippen molar-refractivity contribution in [2.45, 2.75) is 39.2 Å². The molecule has 64 valence electrons. The SMILES string of the molecule is C=CC(=O)NC(C)CCCC. The molecule has 0 fully saturated rings. The van der Waals surface area contributed by atoms with E-state index >= 15 is 0 Å². The van der Waals surface area contributed by atoms with Crippen molar-refractivity contribution in [1.29, 1.82) is 0 Å². The highest BCUT2D eigenvalue weighted by atomic mass is 16.1. The second-order valence-corrected chi connectivity index (χ2v) is 2.76. The predicted molar refractivity (Wildman–Crippen MR) is 47.3 cm³/mol. The zero-order valence-corrected chi connectivity index (χ0v) is 7.39. The first-order chi connectivity index (χ1) is 5.20. The van der Waals surface area contributed by atoms with Gasteiger partial charge in [0.25, 0.3) is 0 Å². The van der Waals surface area contributed by atoms with Crippen molar-refractivity contribution >= 4 is 5.91 Å². The summed E-state index contributed by atoms with van der Waals surface area (Å²) in [6.07, 6.45) is 4.70. The highest BCUT2D eigenvalue weighted by Gasteiger charge is 2.01. The summed E-state index contributed by atoms with van der Waals surface area (Å²) in [6, 6.07) is 0.278. The quantitative estimate of drug-likeness (QED) is 0.603. The molecule has 0 saturated heterocycles. The summed E-state index contributed by atoms with van der Waals surface area (Å²) in [5.74, 6) is -0.0754. The van der Waals surface area contributed by atoms with E-state index in [-0.39, 0.29) is 11.9 Å². The van der Waals surface area contributed by atoms with E-state index < -0.39 is 0 Å².